The molecule has 482 valence electrons. The Labute approximate surface area is 512 Å². The van der Waals surface area contributed by atoms with Gasteiger partial charge in [-0.1, -0.05) is 353 Å². The van der Waals surface area contributed by atoms with Crippen LogP contribution in [0.3, 0.4) is 0 Å². The Kier molecular flexibility index (Phi) is 69.1. The second-order valence-electron chi connectivity index (χ2n) is 25.2. The van der Waals surface area contributed by atoms with Crippen LogP contribution in [0.2, 0.25) is 0 Å². The fourth-order valence-corrected chi connectivity index (χ4v) is 11.3. The summed E-state index contributed by atoms with van der Waals surface area (Å²) >= 11 is 0. The minimum absolute atomic E-state index is 0.0717. The van der Waals surface area contributed by atoms with Crippen molar-refractivity contribution in [2.75, 3.05) is 13.2 Å². The van der Waals surface area contributed by atoms with E-state index in [2.05, 4.69) is 57.2 Å². The molecule has 0 amide bonds. The summed E-state index contributed by atoms with van der Waals surface area (Å²) in [4.78, 5) is 38.5. The van der Waals surface area contributed by atoms with Gasteiger partial charge < -0.3 is 14.2 Å². The third-order valence-electron chi connectivity index (χ3n) is 16.9. The first-order valence-corrected chi connectivity index (χ1v) is 37.0. The standard InChI is InChI=1S/C76H142O6/c1-4-7-10-13-16-19-22-25-28-30-32-34-35-36-37-38-39-40-42-43-45-48-51-54-57-60-63-66-69-75(78)81-72-73(71-80-74(77)68-65-62-59-56-53-50-47-27-24-21-18-15-12-9-6-3)82-76(79)70-67-64-61-58-55-52-49-46-44-41-33-31-29-26-23-20-17-14-11-8-5-2/h23,26-27,31,33,47,73H,4-22,24-25,28-30,32,34-46,48-72H2,1-3H3/b26-23-,33-31-,47-27-. The van der Waals surface area contributed by atoms with Crippen LogP contribution in [0.25, 0.3) is 0 Å². The lowest BCUT2D eigenvalue weighted by Gasteiger charge is -2.18. The summed E-state index contributed by atoms with van der Waals surface area (Å²) in [6, 6.07) is 0. The van der Waals surface area contributed by atoms with Gasteiger partial charge in [-0.3, -0.25) is 14.4 Å². The smallest absolute Gasteiger partial charge is 0.306 e. The minimum Gasteiger partial charge on any atom is -0.462 e. The Balaban J connectivity index is 4.23. The average Bonchev–Trinajstić information content (AvgIpc) is 3.47. The van der Waals surface area contributed by atoms with Gasteiger partial charge in [-0.05, 0) is 77.0 Å². The quantitative estimate of drug-likeness (QED) is 0.0261. The van der Waals surface area contributed by atoms with E-state index in [1.54, 1.807) is 0 Å². The van der Waals surface area contributed by atoms with Crippen LogP contribution < -0.4 is 0 Å². The topological polar surface area (TPSA) is 78.9 Å². The van der Waals surface area contributed by atoms with Crippen molar-refractivity contribution in [3.63, 3.8) is 0 Å². The van der Waals surface area contributed by atoms with Crippen LogP contribution in [0.5, 0.6) is 0 Å². The summed E-state index contributed by atoms with van der Waals surface area (Å²) in [6.07, 6.45) is 89.0. The van der Waals surface area contributed by atoms with Crippen LogP contribution in [0.1, 0.15) is 412 Å². The summed E-state index contributed by atoms with van der Waals surface area (Å²) in [5.41, 5.74) is 0. The summed E-state index contributed by atoms with van der Waals surface area (Å²) < 4.78 is 17.0. The molecule has 0 saturated carbocycles. The van der Waals surface area contributed by atoms with Crippen molar-refractivity contribution >= 4 is 17.9 Å². The van der Waals surface area contributed by atoms with Gasteiger partial charge in [0.2, 0.25) is 0 Å². The zero-order chi connectivity index (χ0) is 59.2. The largest absolute Gasteiger partial charge is 0.462 e. The fraction of sp³-hybridized carbons (Fsp3) is 0.882. The molecule has 0 aliphatic carbocycles. The van der Waals surface area contributed by atoms with Crippen LogP contribution in [-0.4, -0.2) is 37.2 Å². The van der Waals surface area contributed by atoms with E-state index < -0.39 is 6.10 Å². The van der Waals surface area contributed by atoms with E-state index in [-0.39, 0.29) is 31.1 Å². The monoisotopic (exact) mass is 1150 g/mol. The predicted octanol–water partition coefficient (Wildman–Crippen LogP) is 25.5. The van der Waals surface area contributed by atoms with Crippen molar-refractivity contribution in [2.24, 2.45) is 0 Å². The Morgan fingerprint density at radius 2 is 0.439 bits per heavy atom. The SMILES string of the molecule is CCCCCCC/C=C\C/C=C\CCCCCCCCCCCC(=O)OC(COC(=O)CCCCCCC/C=C\CCCCCCCC)COC(=O)CCCCCCCCCCCCCCCCCCCCCCCCCCCCCC. The highest BCUT2D eigenvalue weighted by Crippen LogP contribution is 2.19. The van der Waals surface area contributed by atoms with Crippen LogP contribution >= 0.6 is 0 Å². The molecule has 0 bridgehead atoms. The van der Waals surface area contributed by atoms with E-state index in [1.165, 1.54) is 302 Å². The molecule has 0 aromatic carbocycles. The highest BCUT2D eigenvalue weighted by molar-refractivity contribution is 5.71. The first-order valence-electron chi connectivity index (χ1n) is 37.0. The molecular weight excluding hydrogens is 1010 g/mol. The van der Waals surface area contributed by atoms with Crippen molar-refractivity contribution in [1.82, 2.24) is 0 Å². The third kappa shape index (κ3) is 68.4. The van der Waals surface area contributed by atoms with Crippen LogP contribution in [0, 0.1) is 0 Å². The molecule has 0 N–H and O–H groups in total. The van der Waals surface area contributed by atoms with E-state index >= 15 is 0 Å². The zero-order valence-electron chi connectivity index (χ0n) is 55.5. The lowest BCUT2D eigenvalue weighted by molar-refractivity contribution is -0.167. The number of esters is 3. The fourth-order valence-electron chi connectivity index (χ4n) is 11.3. The molecule has 0 radical (unpaired) electrons. The molecule has 82 heavy (non-hydrogen) atoms. The lowest BCUT2D eigenvalue weighted by atomic mass is 10.0. The molecule has 1 unspecified atom stereocenters. The normalized spacial score (nSPS) is 12.2. The molecule has 6 heteroatoms. The number of hydrogen-bond donors (Lipinski definition) is 0. The lowest BCUT2D eigenvalue weighted by Crippen LogP contribution is -2.30. The number of allylic oxidation sites excluding steroid dienone is 6. The van der Waals surface area contributed by atoms with Gasteiger partial charge in [-0.15, -0.1) is 0 Å². The number of carbonyl (C=O) groups excluding carboxylic acids is 3. The van der Waals surface area contributed by atoms with Crippen molar-refractivity contribution < 1.29 is 28.6 Å². The second kappa shape index (κ2) is 71.1. The molecule has 0 aliphatic heterocycles. The summed E-state index contributed by atoms with van der Waals surface area (Å²) in [5.74, 6) is -0.855. The number of carbonyl (C=O) groups is 3. The highest BCUT2D eigenvalue weighted by atomic mass is 16.6. The van der Waals surface area contributed by atoms with Crippen LogP contribution in [0.15, 0.2) is 36.5 Å². The van der Waals surface area contributed by atoms with E-state index in [4.69, 9.17) is 14.2 Å². The molecular formula is C76H142O6. The molecule has 0 aromatic heterocycles. The van der Waals surface area contributed by atoms with Gasteiger partial charge in [-0.25, -0.2) is 0 Å². The average molecular weight is 1150 g/mol. The van der Waals surface area contributed by atoms with E-state index in [1.807, 2.05) is 0 Å². The van der Waals surface area contributed by atoms with E-state index in [0.717, 1.165) is 70.6 Å². The Morgan fingerprint density at radius 1 is 0.244 bits per heavy atom. The number of rotatable bonds is 69. The maximum absolute atomic E-state index is 13.0. The molecule has 0 aromatic rings. The molecule has 0 heterocycles. The van der Waals surface area contributed by atoms with Gasteiger partial charge in [0, 0.05) is 19.3 Å². The molecule has 0 rings (SSSR count). The molecule has 0 spiro atoms. The maximum atomic E-state index is 13.0. The van der Waals surface area contributed by atoms with Gasteiger partial charge in [0.15, 0.2) is 6.10 Å². The first kappa shape index (κ1) is 79.6. The molecule has 6 nitrogen and oxygen atoms in total. The maximum Gasteiger partial charge on any atom is 0.306 e. The van der Waals surface area contributed by atoms with Gasteiger partial charge in [-0.2, -0.15) is 0 Å². The molecule has 0 saturated heterocycles. The summed E-state index contributed by atoms with van der Waals surface area (Å²) in [5, 5.41) is 0. The van der Waals surface area contributed by atoms with Gasteiger partial charge in [0.05, 0.1) is 0 Å². The van der Waals surface area contributed by atoms with Crippen molar-refractivity contribution in [1.29, 1.82) is 0 Å². The van der Waals surface area contributed by atoms with Gasteiger partial charge >= 0.3 is 17.9 Å². The molecule has 0 aliphatic rings. The number of unbranched alkanes of at least 4 members (excludes halogenated alkanes) is 52. The Bertz CT molecular complexity index is 1370. The Morgan fingerprint density at radius 3 is 0.683 bits per heavy atom. The van der Waals surface area contributed by atoms with E-state index in [9.17, 15) is 14.4 Å². The highest BCUT2D eigenvalue weighted by Gasteiger charge is 2.19. The zero-order valence-corrected chi connectivity index (χ0v) is 55.5. The predicted molar refractivity (Wildman–Crippen MR) is 358 cm³/mol. The summed E-state index contributed by atoms with van der Waals surface area (Å²) in [6.45, 7) is 6.69. The van der Waals surface area contributed by atoms with Crippen LogP contribution in [-0.2, 0) is 28.6 Å². The summed E-state index contributed by atoms with van der Waals surface area (Å²) in [7, 11) is 0. The minimum atomic E-state index is -0.777. The van der Waals surface area contributed by atoms with Crippen molar-refractivity contribution in [3.8, 4) is 0 Å². The Hall–Kier alpha value is -2.37. The first-order chi connectivity index (χ1) is 40.5. The second-order valence-corrected chi connectivity index (χ2v) is 25.2. The molecule has 0 fully saturated rings. The van der Waals surface area contributed by atoms with Gasteiger partial charge in [0.1, 0.15) is 13.2 Å². The number of hydrogen-bond acceptors (Lipinski definition) is 6. The van der Waals surface area contributed by atoms with Crippen molar-refractivity contribution in [3.05, 3.63) is 36.5 Å². The molecule has 1 atom stereocenters. The third-order valence-corrected chi connectivity index (χ3v) is 16.9. The van der Waals surface area contributed by atoms with Gasteiger partial charge in [0.25, 0.3) is 0 Å². The number of ether oxygens (including phenoxy) is 3. The van der Waals surface area contributed by atoms with Crippen LogP contribution in [0.4, 0.5) is 0 Å². The van der Waals surface area contributed by atoms with E-state index in [0.29, 0.717) is 19.3 Å². The van der Waals surface area contributed by atoms with Crippen molar-refractivity contribution in [2.45, 2.75) is 419 Å².